The Balaban J connectivity index is 4.26. The van der Waals surface area contributed by atoms with Crippen molar-refractivity contribution in [2.24, 2.45) is 0 Å². The third-order valence-corrected chi connectivity index (χ3v) is 15.5. The molecule has 0 aromatic rings. The Kier molecular flexibility index (Phi) is 55.5. The van der Waals surface area contributed by atoms with Gasteiger partial charge in [-0.25, -0.2) is 9.59 Å². The number of hydrogen-bond acceptors (Lipinski definition) is 22. The van der Waals surface area contributed by atoms with Crippen LogP contribution in [0.5, 0.6) is 0 Å². The first kappa shape index (κ1) is 97.5. The van der Waals surface area contributed by atoms with Gasteiger partial charge in [-0.3, -0.25) is 38.4 Å². The lowest BCUT2D eigenvalue weighted by molar-refractivity contribution is -0.890. The number of unbranched alkanes of at least 4 members (excludes halogenated alkanes) is 11. The van der Waals surface area contributed by atoms with Crippen molar-refractivity contribution < 1.29 is 114 Å². The highest BCUT2D eigenvalue weighted by molar-refractivity contribution is 5.87. The molecule has 103 heavy (non-hydrogen) atoms. The monoisotopic (exact) mass is 1480 g/mol. The Morgan fingerprint density at radius 1 is 0.311 bits per heavy atom. The SMILES string of the molecule is COC(=O)CCOCCOCC[N+](C)(C)CCNC(=O)CCOCCOCC[N+](C)(C)CCCC(=O)COCCOCCNC(=O)COCCOCCNC(=O)CC[C@H](NC(=O)CC[C@H](NC(=O)CCCCCCCCCCCCCCC(=O)OC(C)(C)C)C(=O)OC(C)(C)C)C(=O)OC(C)(C)C. The molecule has 29 nitrogen and oxygen atoms in total. The van der Waals surface area contributed by atoms with Crippen molar-refractivity contribution in [1.82, 2.24) is 26.6 Å². The van der Waals surface area contributed by atoms with Crippen molar-refractivity contribution in [3.63, 3.8) is 0 Å². The van der Waals surface area contributed by atoms with E-state index in [1.54, 1.807) is 41.5 Å². The molecule has 0 aliphatic carbocycles. The van der Waals surface area contributed by atoms with Gasteiger partial charge in [-0.1, -0.05) is 64.2 Å². The number of ketones is 1. The smallest absolute Gasteiger partial charge is 0.329 e. The van der Waals surface area contributed by atoms with Crippen molar-refractivity contribution in [3.05, 3.63) is 0 Å². The molecule has 0 aromatic heterocycles. The van der Waals surface area contributed by atoms with Crippen LogP contribution in [-0.2, 0) is 105 Å². The summed E-state index contributed by atoms with van der Waals surface area (Å²) in [4.78, 5) is 126. The number of rotatable bonds is 66. The van der Waals surface area contributed by atoms with Crippen LogP contribution < -0.4 is 26.6 Å². The van der Waals surface area contributed by atoms with Gasteiger partial charge in [0.2, 0.25) is 29.5 Å². The summed E-state index contributed by atoms with van der Waals surface area (Å²) in [7, 11) is 9.67. The maximum absolute atomic E-state index is 13.4. The fraction of sp³-hybridized carbons (Fsp3) is 0.865. The lowest BCUT2D eigenvalue weighted by Crippen LogP contribution is -2.47. The first-order valence-electron chi connectivity index (χ1n) is 37.5. The Morgan fingerprint density at radius 2 is 0.680 bits per heavy atom. The first-order valence-corrected chi connectivity index (χ1v) is 37.5. The molecule has 0 radical (unpaired) electrons. The van der Waals surface area contributed by atoms with Crippen molar-refractivity contribution in [3.8, 4) is 0 Å². The topological polar surface area (TPSA) is 342 Å². The average molecular weight is 1480 g/mol. The van der Waals surface area contributed by atoms with E-state index in [1.165, 1.54) is 20.0 Å². The molecular weight excluding hydrogens is 1340 g/mol. The van der Waals surface area contributed by atoms with Gasteiger partial charge in [0.15, 0.2) is 5.78 Å². The number of carbonyl (C=O) groups excluding carboxylic acids is 10. The van der Waals surface area contributed by atoms with E-state index >= 15 is 0 Å². The van der Waals surface area contributed by atoms with Crippen LogP contribution in [0.2, 0.25) is 0 Å². The summed E-state index contributed by atoms with van der Waals surface area (Å²) in [6.07, 6.45) is 14.1. The highest BCUT2D eigenvalue weighted by Crippen LogP contribution is 2.17. The van der Waals surface area contributed by atoms with Crippen molar-refractivity contribution in [2.75, 3.05) is 187 Å². The molecule has 0 rings (SSSR count). The highest BCUT2D eigenvalue weighted by Gasteiger charge is 2.31. The van der Waals surface area contributed by atoms with Gasteiger partial charge < -0.3 is 92.4 Å². The van der Waals surface area contributed by atoms with E-state index in [2.05, 4.69) is 59.5 Å². The Labute approximate surface area is 616 Å². The number of likely N-dealkylation sites (N-methyl/N-ethyl adjacent to an activating group) is 2. The van der Waals surface area contributed by atoms with Crippen molar-refractivity contribution >= 4 is 59.2 Å². The molecule has 0 spiro atoms. The van der Waals surface area contributed by atoms with E-state index in [0.29, 0.717) is 94.0 Å². The zero-order chi connectivity index (χ0) is 77.3. The second kappa shape index (κ2) is 58.6. The van der Waals surface area contributed by atoms with Gasteiger partial charge in [-0.2, -0.15) is 0 Å². The van der Waals surface area contributed by atoms with E-state index in [1.807, 2.05) is 20.8 Å². The highest BCUT2D eigenvalue weighted by atomic mass is 16.6. The zero-order valence-corrected chi connectivity index (χ0v) is 65.9. The molecular formula is C74H139N7O22+2. The fourth-order valence-corrected chi connectivity index (χ4v) is 9.77. The quantitative estimate of drug-likeness (QED) is 0.0203. The summed E-state index contributed by atoms with van der Waals surface area (Å²) >= 11 is 0. The minimum absolute atomic E-state index is 0.00429. The molecule has 0 aliphatic heterocycles. The maximum atomic E-state index is 13.4. The van der Waals surface area contributed by atoms with Gasteiger partial charge in [0, 0.05) is 58.0 Å². The van der Waals surface area contributed by atoms with Gasteiger partial charge in [0.25, 0.3) is 0 Å². The van der Waals surface area contributed by atoms with Gasteiger partial charge >= 0.3 is 23.9 Å². The number of amides is 5. The molecule has 0 fully saturated rings. The minimum atomic E-state index is -1.18. The van der Waals surface area contributed by atoms with Crippen LogP contribution >= 0.6 is 0 Å². The van der Waals surface area contributed by atoms with Crippen LogP contribution in [0, 0.1) is 0 Å². The molecule has 0 saturated carbocycles. The third-order valence-electron chi connectivity index (χ3n) is 15.5. The Morgan fingerprint density at radius 3 is 1.16 bits per heavy atom. The number of esters is 4. The molecule has 5 amide bonds. The molecule has 0 aromatic carbocycles. The van der Waals surface area contributed by atoms with Gasteiger partial charge in [0.05, 0.1) is 154 Å². The van der Waals surface area contributed by atoms with Gasteiger partial charge in [-0.15, -0.1) is 0 Å². The second-order valence-corrected chi connectivity index (χ2v) is 30.0. The summed E-state index contributed by atoms with van der Waals surface area (Å²) in [5, 5.41) is 13.8. The maximum Gasteiger partial charge on any atom is 0.329 e. The summed E-state index contributed by atoms with van der Waals surface area (Å²) in [6, 6.07) is -2.28. The van der Waals surface area contributed by atoms with Crippen molar-refractivity contribution in [1.29, 1.82) is 0 Å². The predicted octanol–water partition coefficient (Wildman–Crippen LogP) is 5.94. The van der Waals surface area contributed by atoms with Crippen LogP contribution in [0.1, 0.15) is 204 Å². The minimum Gasteiger partial charge on any atom is -0.469 e. The largest absolute Gasteiger partial charge is 0.469 e. The lowest BCUT2D eigenvalue weighted by Gasteiger charge is -2.29. The summed E-state index contributed by atoms with van der Waals surface area (Å²) in [6.45, 7) is 24.1. The van der Waals surface area contributed by atoms with Gasteiger partial charge in [-0.05, 0) is 88.0 Å². The number of nitrogens with zero attached hydrogens (tertiary/aromatic N) is 2. The number of hydrogen-bond donors (Lipinski definition) is 5. The summed E-state index contributed by atoms with van der Waals surface area (Å²) in [5.74, 6) is -3.55. The predicted molar refractivity (Wildman–Crippen MR) is 389 cm³/mol. The third kappa shape index (κ3) is 65.7. The average Bonchev–Trinajstić information content (AvgIpc) is 0.888. The summed E-state index contributed by atoms with van der Waals surface area (Å²) in [5.41, 5.74) is -2.17. The Hall–Kier alpha value is -5.50. The number of quaternary nitrogens is 2. The molecule has 0 saturated heterocycles. The van der Waals surface area contributed by atoms with Crippen LogP contribution in [0.25, 0.3) is 0 Å². The number of methoxy groups -OCH3 is 1. The van der Waals surface area contributed by atoms with Crippen LogP contribution in [0.15, 0.2) is 0 Å². The standard InChI is InChI=1S/C74H137N7O22/c1-72(2,3)101-69(89)30-26-24-22-20-18-16-15-17-19-21-23-25-29-65(85)78-62(71(91)103-74(7,8)9)32-34-66(86)79-61(70(90)102-73(4,5)6)31-33-63(83)76-38-46-95-55-57-100-59-67(87)77-39-47-96-54-56-99-58-60(82)28-27-40-80(10,11)42-48-97-52-50-93-44-35-64(84)75-37-41-81(12,13)43-49-98-53-51-94-45-36-68(88)92-14/h61-62H,15-59H2,1-14H3,(H3-2,75,76,77,78,79,83,84,85,86,87)/p+2/t61-,62-/m0/s1. The van der Waals surface area contributed by atoms with Crippen molar-refractivity contribution in [2.45, 2.75) is 232 Å². The van der Waals surface area contributed by atoms with Crippen LogP contribution in [0.3, 0.4) is 0 Å². The number of Topliss-reactive ketones (excluding diaryl/α,β-unsaturated/α-hetero) is 1. The number of carbonyl (C=O) groups is 10. The van der Waals surface area contributed by atoms with Crippen LogP contribution in [-0.4, -0.2) is 284 Å². The molecule has 29 heteroatoms. The first-order chi connectivity index (χ1) is 48.6. The van der Waals surface area contributed by atoms with Crippen LogP contribution in [0.4, 0.5) is 0 Å². The van der Waals surface area contributed by atoms with E-state index in [0.717, 1.165) is 84.0 Å². The molecule has 0 heterocycles. The fourth-order valence-electron chi connectivity index (χ4n) is 9.77. The normalized spacial score (nSPS) is 12.6. The summed E-state index contributed by atoms with van der Waals surface area (Å²) < 4.78 is 66.7. The molecule has 0 aliphatic rings. The number of ether oxygens (including phenoxy) is 12. The van der Waals surface area contributed by atoms with E-state index in [-0.39, 0.29) is 146 Å². The van der Waals surface area contributed by atoms with E-state index in [4.69, 9.17) is 52.1 Å². The molecule has 5 N–H and O–H groups in total. The molecule has 0 unspecified atom stereocenters. The zero-order valence-electron chi connectivity index (χ0n) is 65.9. The molecule has 2 atom stereocenters. The van der Waals surface area contributed by atoms with E-state index < -0.39 is 52.6 Å². The van der Waals surface area contributed by atoms with E-state index in [9.17, 15) is 47.9 Å². The Bertz CT molecular complexity index is 2340. The molecule has 600 valence electrons. The second-order valence-electron chi connectivity index (χ2n) is 30.0. The number of nitrogens with one attached hydrogen (secondary N) is 5. The van der Waals surface area contributed by atoms with Gasteiger partial charge in [0.1, 0.15) is 55.2 Å². The lowest BCUT2D eigenvalue weighted by atomic mass is 10.0. The molecule has 0 bridgehead atoms.